The van der Waals surface area contributed by atoms with Crippen LogP contribution in [-0.2, 0) is 0 Å². The third kappa shape index (κ3) is 3.20. The number of anilines is 1. The molecule has 1 aliphatic heterocycles. The van der Waals surface area contributed by atoms with Crippen molar-refractivity contribution in [2.75, 3.05) is 25.5 Å². The summed E-state index contributed by atoms with van der Waals surface area (Å²) in [7, 11) is 2.19. The Balaban J connectivity index is 1.92. The maximum absolute atomic E-state index is 9.53. The van der Waals surface area contributed by atoms with Gasteiger partial charge in [-0.05, 0) is 51.1 Å². The Morgan fingerprint density at radius 2 is 2.35 bits per heavy atom. The van der Waals surface area contributed by atoms with Crippen LogP contribution in [0.5, 0.6) is 0 Å². The lowest BCUT2D eigenvalue weighted by atomic mass is 10.1. The number of likely N-dealkylation sites (tertiary alicyclic amines) is 1. The monoisotopic (exact) mass is 234 g/mol. The molecule has 17 heavy (non-hydrogen) atoms. The minimum atomic E-state index is -0.397. The van der Waals surface area contributed by atoms with Crippen molar-refractivity contribution in [1.29, 1.82) is 0 Å². The lowest BCUT2D eigenvalue weighted by Crippen LogP contribution is -2.31. The SMILES string of the molecule is CC(O)c1cccc(NCC2CCCN2C)c1. The molecule has 2 unspecified atom stereocenters. The van der Waals surface area contributed by atoms with Crippen LogP contribution < -0.4 is 5.32 Å². The molecule has 0 amide bonds. The Bertz CT molecular complexity index is 365. The summed E-state index contributed by atoms with van der Waals surface area (Å²) in [6.45, 7) is 3.99. The van der Waals surface area contributed by atoms with E-state index in [2.05, 4.69) is 23.3 Å². The van der Waals surface area contributed by atoms with E-state index in [0.717, 1.165) is 17.8 Å². The van der Waals surface area contributed by atoms with E-state index in [0.29, 0.717) is 6.04 Å². The van der Waals surface area contributed by atoms with E-state index in [4.69, 9.17) is 0 Å². The number of likely N-dealkylation sites (N-methyl/N-ethyl adjacent to an activating group) is 1. The zero-order valence-electron chi connectivity index (χ0n) is 10.7. The topological polar surface area (TPSA) is 35.5 Å². The van der Waals surface area contributed by atoms with Crippen LogP contribution in [0, 0.1) is 0 Å². The first-order chi connectivity index (χ1) is 8.16. The van der Waals surface area contributed by atoms with Gasteiger partial charge in [0.1, 0.15) is 0 Å². The van der Waals surface area contributed by atoms with Crippen LogP contribution >= 0.6 is 0 Å². The van der Waals surface area contributed by atoms with Crippen LogP contribution in [0.15, 0.2) is 24.3 Å². The maximum atomic E-state index is 9.53. The van der Waals surface area contributed by atoms with Crippen molar-refractivity contribution >= 4 is 5.69 Å². The van der Waals surface area contributed by atoms with Gasteiger partial charge in [-0.25, -0.2) is 0 Å². The van der Waals surface area contributed by atoms with Gasteiger partial charge in [-0.1, -0.05) is 12.1 Å². The third-order valence-corrected chi connectivity index (χ3v) is 3.58. The van der Waals surface area contributed by atoms with Crippen molar-refractivity contribution in [2.45, 2.75) is 31.9 Å². The van der Waals surface area contributed by atoms with Crippen LogP contribution in [0.3, 0.4) is 0 Å². The predicted molar refractivity (Wildman–Crippen MR) is 71.2 cm³/mol. The number of aliphatic hydroxyl groups excluding tert-OH is 1. The highest BCUT2D eigenvalue weighted by Gasteiger charge is 2.20. The van der Waals surface area contributed by atoms with Crippen molar-refractivity contribution in [3.05, 3.63) is 29.8 Å². The zero-order chi connectivity index (χ0) is 12.3. The van der Waals surface area contributed by atoms with Crippen molar-refractivity contribution in [1.82, 2.24) is 4.90 Å². The summed E-state index contributed by atoms with van der Waals surface area (Å²) < 4.78 is 0. The molecule has 1 fully saturated rings. The molecular weight excluding hydrogens is 212 g/mol. The Morgan fingerprint density at radius 1 is 1.53 bits per heavy atom. The average molecular weight is 234 g/mol. The highest BCUT2D eigenvalue weighted by molar-refractivity contribution is 5.46. The summed E-state index contributed by atoms with van der Waals surface area (Å²) in [6, 6.07) is 8.67. The summed E-state index contributed by atoms with van der Waals surface area (Å²) in [5.74, 6) is 0. The zero-order valence-corrected chi connectivity index (χ0v) is 10.7. The molecule has 0 aromatic heterocycles. The molecule has 2 atom stereocenters. The summed E-state index contributed by atoms with van der Waals surface area (Å²) in [4.78, 5) is 2.41. The Kier molecular flexibility index (Phi) is 4.02. The molecule has 94 valence electrons. The van der Waals surface area contributed by atoms with Crippen molar-refractivity contribution in [3.63, 3.8) is 0 Å². The van der Waals surface area contributed by atoms with Gasteiger partial charge in [0, 0.05) is 18.3 Å². The fourth-order valence-electron chi connectivity index (χ4n) is 2.38. The minimum Gasteiger partial charge on any atom is -0.389 e. The molecule has 0 spiro atoms. The first-order valence-corrected chi connectivity index (χ1v) is 6.39. The molecule has 1 aliphatic rings. The van der Waals surface area contributed by atoms with E-state index in [1.807, 2.05) is 18.2 Å². The molecule has 1 saturated heterocycles. The first kappa shape index (κ1) is 12.4. The van der Waals surface area contributed by atoms with E-state index < -0.39 is 6.10 Å². The summed E-state index contributed by atoms with van der Waals surface area (Å²) >= 11 is 0. The number of nitrogens with zero attached hydrogens (tertiary/aromatic N) is 1. The van der Waals surface area contributed by atoms with Crippen molar-refractivity contribution < 1.29 is 5.11 Å². The normalized spacial score (nSPS) is 22.6. The van der Waals surface area contributed by atoms with Crippen molar-refractivity contribution in [3.8, 4) is 0 Å². The second-order valence-corrected chi connectivity index (χ2v) is 4.96. The Labute approximate surface area is 103 Å². The van der Waals surface area contributed by atoms with Crippen LogP contribution in [0.4, 0.5) is 5.69 Å². The minimum absolute atomic E-state index is 0.397. The summed E-state index contributed by atoms with van der Waals surface area (Å²) in [5.41, 5.74) is 2.07. The van der Waals surface area contributed by atoms with Gasteiger partial charge >= 0.3 is 0 Å². The van der Waals surface area contributed by atoms with Crippen LogP contribution in [0.1, 0.15) is 31.4 Å². The van der Waals surface area contributed by atoms with Crippen LogP contribution in [-0.4, -0.2) is 36.2 Å². The van der Waals surface area contributed by atoms with Crippen LogP contribution in [0.25, 0.3) is 0 Å². The van der Waals surface area contributed by atoms with E-state index >= 15 is 0 Å². The molecule has 0 saturated carbocycles. The van der Waals surface area contributed by atoms with E-state index in [1.165, 1.54) is 19.4 Å². The van der Waals surface area contributed by atoms with Gasteiger partial charge in [0.25, 0.3) is 0 Å². The number of rotatable bonds is 4. The Morgan fingerprint density at radius 3 is 3.00 bits per heavy atom. The van der Waals surface area contributed by atoms with Gasteiger partial charge in [-0.3, -0.25) is 0 Å². The molecule has 2 rings (SSSR count). The molecule has 3 nitrogen and oxygen atoms in total. The fourth-order valence-corrected chi connectivity index (χ4v) is 2.38. The highest BCUT2D eigenvalue weighted by Crippen LogP contribution is 2.19. The Hall–Kier alpha value is -1.06. The second-order valence-electron chi connectivity index (χ2n) is 4.96. The maximum Gasteiger partial charge on any atom is 0.0762 e. The third-order valence-electron chi connectivity index (χ3n) is 3.58. The number of hydrogen-bond acceptors (Lipinski definition) is 3. The van der Waals surface area contributed by atoms with Gasteiger partial charge in [0.15, 0.2) is 0 Å². The fraction of sp³-hybridized carbons (Fsp3) is 0.571. The lowest BCUT2D eigenvalue weighted by Gasteiger charge is -2.20. The highest BCUT2D eigenvalue weighted by atomic mass is 16.3. The van der Waals surface area contributed by atoms with E-state index in [-0.39, 0.29) is 0 Å². The van der Waals surface area contributed by atoms with Gasteiger partial charge in [0.2, 0.25) is 0 Å². The second kappa shape index (κ2) is 5.52. The first-order valence-electron chi connectivity index (χ1n) is 6.39. The molecule has 1 aromatic rings. The molecule has 0 radical (unpaired) electrons. The van der Waals surface area contributed by atoms with Gasteiger partial charge in [0.05, 0.1) is 6.10 Å². The molecule has 0 aliphatic carbocycles. The molecule has 3 heteroatoms. The quantitative estimate of drug-likeness (QED) is 0.838. The smallest absolute Gasteiger partial charge is 0.0762 e. The summed E-state index contributed by atoms with van der Waals surface area (Å²) in [5, 5.41) is 13.0. The molecule has 1 heterocycles. The van der Waals surface area contributed by atoms with E-state index in [9.17, 15) is 5.11 Å². The number of hydrogen-bond donors (Lipinski definition) is 2. The standard InChI is InChI=1S/C14H22N2O/c1-11(17)12-5-3-6-13(9-12)15-10-14-7-4-8-16(14)2/h3,5-6,9,11,14-15,17H,4,7-8,10H2,1-2H3. The predicted octanol–water partition coefficient (Wildman–Crippen LogP) is 2.25. The number of nitrogens with one attached hydrogen (secondary N) is 1. The number of benzene rings is 1. The molecule has 2 N–H and O–H groups in total. The van der Waals surface area contributed by atoms with E-state index in [1.54, 1.807) is 6.92 Å². The largest absolute Gasteiger partial charge is 0.389 e. The summed E-state index contributed by atoms with van der Waals surface area (Å²) in [6.07, 6.45) is 2.18. The molecular formula is C14H22N2O. The average Bonchev–Trinajstić information content (AvgIpc) is 2.72. The lowest BCUT2D eigenvalue weighted by molar-refractivity contribution is 0.199. The molecule has 1 aromatic carbocycles. The van der Waals surface area contributed by atoms with Crippen molar-refractivity contribution in [2.24, 2.45) is 0 Å². The van der Waals surface area contributed by atoms with Gasteiger partial charge in [-0.2, -0.15) is 0 Å². The van der Waals surface area contributed by atoms with Gasteiger partial charge in [-0.15, -0.1) is 0 Å². The van der Waals surface area contributed by atoms with Crippen LogP contribution in [0.2, 0.25) is 0 Å². The molecule has 0 bridgehead atoms. The number of aliphatic hydroxyl groups is 1. The van der Waals surface area contributed by atoms with Gasteiger partial charge < -0.3 is 15.3 Å².